The number of carbonyl (C=O) groups excluding carboxylic acids is 1. The van der Waals surface area contributed by atoms with E-state index in [1.54, 1.807) is 12.1 Å². The van der Waals surface area contributed by atoms with Gasteiger partial charge in [0.05, 0.1) is 12.7 Å². The molecule has 16 heavy (non-hydrogen) atoms. The van der Waals surface area contributed by atoms with E-state index in [0.29, 0.717) is 11.3 Å². The first-order chi connectivity index (χ1) is 7.61. The fourth-order valence-corrected chi connectivity index (χ4v) is 2.10. The summed E-state index contributed by atoms with van der Waals surface area (Å²) in [4.78, 5) is 11.2. The lowest BCUT2D eigenvalue weighted by atomic mass is 10.1. The Morgan fingerprint density at radius 3 is 2.62 bits per heavy atom. The highest BCUT2D eigenvalue weighted by atomic mass is 79.9. The van der Waals surface area contributed by atoms with Gasteiger partial charge in [0.25, 0.3) is 5.24 Å². The van der Waals surface area contributed by atoms with Gasteiger partial charge in [-0.15, -0.1) is 0 Å². The van der Waals surface area contributed by atoms with Crippen molar-refractivity contribution >= 4 is 43.5 Å². The molecule has 0 saturated heterocycles. The first-order valence-corrected chi connectivity index (χ1v) is 5.76. The van der Waals surface area contributed by atoms with Crippen molar-refractivity contribution in [3.05, 3.63) is 40.4 Å². The molecule has 0 amide bonds. The Morgan fingerprint density at radius 2 is 2.00 bits per heavy atom. The molecule has 2 rings (SSSR count). The molecule has 0 unspecified atom stereocenters. The van der Waals surface area contributed by atoms with Crippen molar-refractivity contribution in [2.75, 3.05) is 7.11 Å². The maximum Gasteiger partial charge on any atom is 0.256 e. The molecule has 0 aliphatic rings. The molecule has 2 aromatic carbocycles. The fourth-order valence-electron chi connectivity index (χ4n) is 1.57. The Kier molecular flexibility index (Phi) is 3.17. The van der Waals surface area contributed by atoms with Crippen molar-refractivity contribution in [3.8, 4) is 5.75 Å². The minimum absolute atomic E-state index is 0.384. The van der Waals surface area contributed by atoms with Gasteiger partial charge in [0.2, 0.25) is 0 Å². The number of benzene rings is 2. The topological polar surface area (TPSA) is 26.3 Å². The smallest absolute Gasteiger partial charge is 0.256 e. The van der Waals surface area contributed by atoms with Crippen molar-refractivity contribution in [2.45, 2.75) is 0 Å². The highest BCUT2D eigenvalue weighted by molar-refractivity contribution is 9.10. The molecule has 0 aromatic heterocycles. The highest BCUT2D eigenvalue weighted by Gasteiger charge is 2.11. The summed E-state index contributed by atoms with van der Waals surface area (Å²) in [7, 11) is 1.52. The van der Waals surface area contributed by atoms with Crippen LogP contribution in [0.5, 0.6) is 5.75 Å². The average molecular weight is 300 g/mol. The molecular weight excluding hydrogens is 291 g/mol. The van der Waals surface area contributed by atoms with E-state index in [0.717, 1.165) is 15.2 Å². The van der Waals surface area contributed by atoms with Crippen molar-refractivity contribution < 1.29 is 9.53 Å². The van der Waals surface area contributed by atoms with Crippen LogP contribution in [-0.4, -0.2) is 12.4 Å². The Labute approximate surface area is 106 Å². The summed E-state index contributed by atoms with van der Waals surface area (Å²) in [5.74, 6) is 0.495. The summed E-state index contributed by atoms with van der Waals surface area (Å²) in [6.45, 7) is 0. The molecule has 82 valence electrons. The third kappa shape index (κ3) is 2.06. The number of methoxy groups -OCH3 is 1. The van der Waals surface area contributed by atoms with Gasteiger partial charge in [0.15, 0.2) is 0 Å². The molecule has 0 aliphatic carbocycles. The highest BCUT2D eigenvalue weighted by Crippen LogP contribution is 2.28. The SMILES string of the molecule is COc1cc2ccc(Br)cc2cc1C(=O)Cl. The lowest BCUT2D eigenvalue weighted by Gasteiger charge is -2.07. The Morgan fingerprint density at radius 1 is 1.25 bits per heavy atom. The minimum atomic E-state index is -0.515. The zero-order valence-electron chi connectivity index (χ0n) is 8.46. The predicted octanol–water partition coefficient (Wildman–Crippen LogP) is 3.99. The lowest BCUT2D eigenvalue weighted by Crippen LogP contribution is -1.95. The van der Waals surface area contributed by atoms with Gasteiger partial charge in [-0.05, 0) is 46.6 Å². The summed E-state index contributed by atoms with van der Waals surface area (Å²) in [6.07, 6.45) is 0. The molecule has 0 saturated carbocycles. The zero-order chi connectivity index (χ0) is 11.7. The van der Waals surface area contributed by atoms with Crippen molar-refractivity contribution in [1.29, 1.82) is 0 Å². The van der Waals surface area contributed by atoms with Crippen LogP contribution in [0.15, 0.2) is 34.8 Å². The third-order valence-corrected chi connectivity index (χ3v) is 3.03. The van der Waals surface area contributed by atoms with E-state index in [9.17, 15) is 4.79 Å². The van der Waals surface area contributed by atoms with Gasteiger partial charge < -0.3 is 4.74 Å². The molecule has 2 nitrogen and oxygen atoms in total. The van der Waals surface area contributed by atoms with Gasteiger partial charge in [-0.3, -0.25) is 4.79 Å². The van der Waals surface area contributed by atoms with E-state index in [4.69, 9.17) is 16.3 Å². The van der Waals surface area contributed by atoms with Gasteiger partial charge in [-0.25, -0.2) is 0 Å². The van der Waals surface area contributed by atoms with Gasteiger partial charge in [-0.1, -0.05) is 22.0 Å². The zero-order valence-corrected chi connectivity index (χ0v) is 10.8. The number of hydrogen-bond donors (Lipinski definition) is 0. The second-order valence-corrected chi connectivity index (χ2v) is 4.58. The van der Waals surface area contributed by atoms with Crippen molar-refractivity contribution in [1.82, 2.24) is 0 Å². The van der Waals surface area contributed by atoms with Crippen LogP contribution in [-0.2, 0) is 0 Å². The third-order valence-electron chi connectivity index (χ3n) is 2.33. The van der Waals surface area contributed by atoms with E-state index in [2.05, 4.69) is 15.9 Å². The maximum atomic E-state index is 11.2. The Hall–Kier alpha value is -1.06. The van der Waals surface area contributed by atoms with E-state index in [-0.39, 0.29) is 0 Å². The average Bonchev–Trinajstić information content (AvgIpc) is 2.27. The molecular formula is C12H8BrClO2. The van der Waals surface area contributed by atoms with Crippen molar-refractivity contribution in [2.24, 2.45) is 0 Å². The van der Waals surface area contributed by atoms with E-state index in [1.807, 2.05) is 18.2 Å². The van der Waals surface area contributed by atoms with Crippen LogP contribution in [0.3, 0.4) is 0 Å². The fraction of sp³-hybridized carbons (Fsp3) is 0.0833. The molecule has 4 heteroatoms. The first kappa shape index (κ1) is 11.4. The summed E-state index contributed by atoms with van der Waals surface area (Å²) < 4.78 is 6.08. The first-order valence-electron chi connectivity index (χ1n) is 4.59. The molecule has 0 aliphatic heterocycles. The summed E-state index contributed by atoms with van der Waals surface area (Å²) >= 11 is 8.88. The normalized spacial score (nSPS) is 10.4. The molecule has 2 aromatic rings. The van der Waals surface area contributed by atoms with Crippen LogP contribution in [0.2, 0.25) is 0 Å². The van der Waals surface area contributed by atoms with Gasteiger partial charge in [0, 0.05) is 4.47 Å². The number of hydrogen-bond acceptors (Lipinski definition) is 2. The van der Waals surface area contributed by atoms with Crippen LogP contribution in [0.1, 0.15) is 10.4 Å². The second kappa shape index (κ2) is 4.44. The molecule has 0 atom stereocenters. The predicted molar refractivity (Wildman–Crippen MR) is 68.4 cm³/mol. The standard InChI is InChI=1S/C12H8BrClO2/c1-16-11-6-7-2-3-9(13)4-8(7)5-10(11)12(14)15/h2-6H,1H3. The monoisotopic (exact) mass is 298 g/mol. The molecule has 0 spiro atoms. The lowest BCUT2D eigenvalue weighted by molar-refractivity contribution is 0.107. The van der Waals surface area contributed by atoms with Crippen LogP contribution in [0, 0.1) is 0 Å². The summed E-state index contributed by atoms with van der Waals surface area (Å²) in [5, 5.41) is 1.43. The quantitative estimate of drug-likeness (QED) is 0.784. The number of carbonyl (C=O) groups is 1. The Balaban J connectivity index is 2.75. The number of halogens is 2. The summed E-state index contributed by atoms with van der Waals surface area (Å²) in [5.41, 5.74) is 0.384. The molecule has 0 heterocycles. The van der Waals surface area contributed by atoms with Crippen LogP contribution in [0.25, 0.3) is 10.8 Å². The van der Waals surface area contributed by atoms with Gasteiger partial charge in [0.1, 0.15) is 5.75 Å². The maximum absolute atomic E-state index is 11.2. The van der Waals surface area contributed by atoms with E-state index in [1.165, 1.54) is 7.11 Å². The van der Waals surface area contributed by atoms with Gasteiger partial charge in [-0.2, -0.15) is 0 Å². The van der Waals surface area contributed by atoms with Crippen LogP contribution < -0.4 is 4.74 Å². The van der Waals surface area contributed by atoms with Gasteiger partial charge >= 0.3 is 0 Å². The molecule has 0 fully saturated rings. The van der Waals surface area contributed by atoms with E-state index >= 15 is 0 Å². The van der Waals surface area contributed by atoms with E-state index < -0.39 is 5.24 Å². The Bertz CT molecular complexity index is 566. The largest absolute Gasteiger partial charge is 0.496 e. The number of fused-ring (bicyclic) bond motifs is 1. The number of rotatable bonds is 2. The number of ether oxygens (including phenoxy) is 1. The van der Waals surface area contributed by atoms with Crippen LogP contribution >= 0.6 is 27.5 Å². The van der Waals surface area contributed by atoms with Crippen molar-refractivity contribution in [3.63, 3.8) is 0 Å². The summed E-state index contributed by atoms with van der Waals surface area (Å²) in [6, 6.07) is 9.35. The second-order valence-electron chi connectivity index (χ2n) is 3.32. The molecule has 0 N–H and O–H groups in total. The molecule has 0 radical (unpaired) electrons. The molecule has 0 bridgehead atoms. The van der Waals surface area contributed by atoms with Crippen LogP contribution in [0.4, 0.5) is 0 Å². The minimum Gasteiger partial charge on any atom is -0.496 e.